The van der Waals surface area contributed by atoms with Crippen LogP contribution in [0.4, 0.5) is 0 Å². The van der Waals surface area contributed by atoms with Gasteiger partial charge in [-0.1, -0.05) is 48.5 Å². The number of hydrogen-bond donors (Lipinski definition) is 2. The Hall–Kier alpha value is -4.10. The molecule has 4 rings (SSSR count). The molecule has 1 heterocycles. The Kier molecular flexibility index (Phi) is 8.25. The lowest BCUT2D eigenvalue weighted by molar-refractivity contribution is -0.132. The lowest BCUT2D eigenvalue weighted by atomic mass is 10.0. The van der Waals surface area contributed by atoms with E-state index < -0.39 is 6.10 Å². The minimum absolute atomic E-state index is 0.116. The molecule has 0 aliphatic heterocycles. The van der Waals surface area contributed by atoms with E-state index >= 15 is 0 Å². The number of methoxy groups -OCH3 is 1. The number of carbonyl (C=O) groups is 1. The zero-order chi connectivity index (χ0) is 26.4. The SMILES string of the molecule is COc1ccc(C[C@@H](C)N(C[C@H](O)c2ccc(OCc3ccccc3)c3[nH]c(=O)ccc23)C(C)=O)cc1. The molecule has 0 aliphatic carbocycles. The Balaban J connectivity index is 1.55. The van der Waals surface area contributed by atoms with E-state index in [0.717, 1.165) is 16.9 Å². The summed E-state index contributed by atoms with van der Waals surface area (Å²) in [5.41, 5.74) is 2.93. The topological polar surface area (TPSA) is 91.9 Å². The Morgan fingerprint density at radius 3 is 2.38 bits per heavy atom. The van der Waals surface area contributed by atoms with Gasteiger partial charge in [0.1, 0.15) is 18.1 Å². The predicted molar refractivity (Wildman–Crippen MR) is 144 cm³/mol. The number of rotatable bonds is 10. The number of pyridine rings is 1. The number of carbonyl (C=O) groups excluding carboxylic acids is 1. The fourth-order valence-electron chi connectivity index (χ4n) is 4.51. The van der Waals surface area contributed by atoms with E-state index in [0.29, 0.717) is 35.2 Å². The van der Waals surface area contributed by atoms with Crippen molar-refractivity contribution in [1.29, 1.82) is 0 Å². The Labute approximate surface area is 216 Å². The van der Waals surface area contributed by atoms with Crippen LogP contribution in [0.15, 0.2) is 83.7 Å². The first kappa shape index (κ1) is 26.0. The largest absolute Gasteiger partial charge is 0.497 e. The van der Waals surface area contributed by atoms with Crippen molar-refractivity contribution in [3.05, 3.63) is 106 Å². The van der Waals surface area contributed by atoms with Crippen molar-refractivity contribution in [2.24, 2.45) is 0 Å². The third kappa shape index (κ3) is 6.37. The van der Waals surface area contributed by atoms with Crippen LogP contribution in [0.2, 0.25) is 0 Å². The highest BCUT2D eigenvalue weighted by atomic mass is 16.5. The highest BCUT2D eigenvalue weighted by Crippen LogP contribution is 2.31. The Morgan fingerprint density at radius 1 is 0.973 bits per heavy atom. The first-order chi connectivity index (χ1) is 17.9. The smallest absolute Gasteiger partial charge is 0.248 e. The molecule has 1 aromatic heterocycles. The summed E-state index contributed by atoms with van der Waals surface area (Å²) in [7, 11) is 1.62. The number of amides is 1. The first-order valence-corrected chi connectivity index (χ1v) is 12.3. The number of ether oxygens (including phenoxy) is 2. The van der Waals surface area contributed by atoms with Gasteiger partial charge in [0.2, 0.25) is 11.5 Å². The van der Waals surface area contributed by atoms with Gasteiger partial charge in [0.25, 0.3) is 0 Å². The second kappa shape index (κ2) is 11.8. The quantitative estimate of drug-likeness (QED) is 0.331. The minimum Gasteiger partial charge on any atom is -0.497 e. The highest BCUT2D eigenvalue weighted by molar-refractivity contribution is 5.88. The number of aliphatic hydroxyl groups is 1. The first-order valence-electron chi connectivity index (χ1n) is 12.3. The molecule has 0 aliphatic rings. The van der Waals surface area contributed by atoms with Gasteiger partial charge < -0.3 is 24.5 Å². The molecule has 0 saturated heterocycles. The molecule has 4 aromatic rings. The van der Waals surface area contributed by atoms with Crippen LogP contribution in [-0.4, -0.2) is 40.6 Å². The zero-order valence-electron chi connectivity index (χ0n) is 21.3. The summed E-state index contributed by atoms with van der Waals surface area (Å²) in [6, 6.07) is 24.0. The summed E-state index contributed by atoms with van der Waals surface area (Å²) < 4.78 is 11.2. The number of hydrogen-bond acceptors (Lipinski definition) is 5. The molecule has 0 unspecified atom stereocenters. The van der Waals surface area contributed by atoms with Gasteiger partial charge in [0.15, 0.2) is 0 Å². The van der Waals surface area contributed by atoms with Crippen LogP contribution in [0.5, 0.6) is 11.5 Å². The highest BCUT2D eigenvalue weighted by Gasteiger charge is 2.23. The Bertz CT molecular complexity index is 1400. The van der Waals surface area contributed by atoms with Gasteiger partial charge in [-0.2, -0.15) is 0 Å². The fraction of sp³-hybridized carbons (Fsp3) is 0.267. The number of aromatic amines is 1. The molecule has 37 heavy (non-hydrogen) atoms. The maximum Gasteiger partial charge on any atom is 0.248 e. The molecule has 7 heteroatoms. The van der Waals surface area contributed by atoms with Crippen LogP contribution in [0.3, 0.4) is 0 Å². The van der Waals surface area contributed by atoms with Gasteiger partial charge in [0, 0.05) is 24.4 Å². The molecular formula is C30H32N2O5. The van der Waals surface area contributed by atoms with Crippen molar-refractivity contribution in [2.45, 2.75) is 39.0 Å². The number of nitrogens with zero attached hydrogens (tertiary/aromatic N) is 1. The molecule has 192 valence electrons. The maximum atomic E-state index is 12.6. The van der Waals surface area contributed by atoms with E-state index in [4.69, 9.17) is 9.47 Å². The van der Waals surface area contributed by atoms with Crippen molar-refractivity contribution in [3.63, 3.8) is 0 Å². The summed E-state index contributed by atoms with van der Waals surface area (Å²) in [6.07, 6.45) is -0.324. The standard InChI is InChI=1S/C30H32N2O5/c1-20(17-22-9-11-24(36-3)12-10-22)32(21(2)33)18-27(34)25-13-15-28(30-26(25)14-16-29(35)31-30)37-19-23-7-5-4-6-8-23/h4-16,20,27,34H,17-19H2,1-3H3,(H,31,35)/t20-,27+/m1/s1. The fourth-order valence-corrected chi connectivity index (χ4v) is 4.51. The van der Waals surface area contributed by atoms with E-state index in [1.54, 1.807) is 30.2 Å². The van der Waals surface area contributed by atoms with Crippen molar-refractivity contribution in [1.82, 2.24) is 9.88 Å². The molecule has 3 aromatic carbocycles. The van der Waals surface area contributed by atoms with Gasteiger partial charge in [-0.3, -0.25) is 9.59 Å². The molecular weight excluding hydrogens is 468 g/mol. The number of aromatic nitrogens is 1. The summed E-state index contributed by atoms with van der Waals surface area (Å²) in [5, 5.41) is 11.9. The predicted octanol–water partition coefficient (Wildman–Crippen LogP) is 4.63. The average Bonchev–Trinajstić information content (AvgIpc) is 2.90. The summed E-state index contributed by atoms with van der Waals surface area (Å²) in [4.78, 5) is 29.2. The van der Waals surface area contributed by atoms with Crippen molar-refractivity contribution in [2.75, 3.05) is 13.7 Å². The van der Waals surface area contributed by atoms with E-state index in [-0.39, 0.29) is 24.1 Å². The lowest BCUT2D eigenvalue weighted by Gasteiger charge is -2.31. The third-order valence-electron chi connectivity index (χ3n) is 6.48. The Morgan fingerprint density at radius 2 is 1.70 bits per heavy atom. The molecule has 0 saturated carbocycles. The second-order valence-electron chi connectivity index (χ2n) is 9.13. The monoisotopic (exact) mass is 500 g/mol. The molecule has 0 fully saturated rings. The molecule has 0 radical (unpaired) electrons. The van der Waals surface area contributed by atoms with Gasteiger partial charge >= 0.3 is 0 Å². The van der Waals surface area contributed by atoms with E-state index in [2.05, 4.69) is 4.98 Å². The van der Waals surface area contributed by atoms with Crippen LogP contribution in [0.1, 0.15) is 36.6 Å². The maximum absolute atomic E-state index is 12.6. The van der Waals surface area contributed by atoms with Gasteiger partial charge in [-0.05, 0) is 54.3 Å². The van der Waals surface area contributed by atoms with Gasteiger partial charge in [-0.15, -0.1) is 0 Å². The van der Waals surface area contributed by atoms with Crippen LogP contribution in [-0.2, 0) is 17.8 Å². The number of fused-ring (bicyclic) bond motifs is 1. The third-order valence-corrected chi connectivity index (χ3v) is 6.48. The number of nitrogens with one attached hydrogen (secondary N) is 1. The van der Waals surface area contributed by atoms with E-state index in [1.165, 1.54) is 13.0 Å². The summed E-state index contributed by atoms with van der Waals surface area (Å²) >= 11 is 0. The van der Waals surface area contributed by atoms with Crippen LogP contribution in [0, 0.1) is 0 Å². The molecule has 0 spiro atoms. The molecule has 2 atom stereocenters. The van der Waals surface area contributed by atoms with Gasteiger partial charge in [-0.25, -0.2) is 0 Å². The minimum atomic E-state index is -0.959. The average molecular weight is 501 g/mol. The molecule has 1 amide bonds. The molecule has 7 nitrogen and oxygen atoms in total. The number of benzene rings is 3. The van der Waals surface area contributed by atoms with Crippen molar-refractivity contribution >= 4 is 16.8 Å². The number of H-pyrrole nitrogens is 1. The second-order valence-corrected chi connectivity index (χ2v) is 9.13. The molecule has 0 bridgehead atoms. The van der Waals surface area contributed by atoms with Crippen LogP contribution >= 0.6 is 0 Å². The molecule has 2 N–H and O–H groups in total. The van der Waals surface area contributed by atoms with Crippen molar-refractivity contribution in [3.8, 4) is 11.5 Å². The van der Waals surface area contributed by atoms with Gasteiger partial charge in [0.05, 0.1) is 25.3 Å². The normalized spacial score (nSPS) is 12.6. The summed E-state index contributed by atoms with van der Waals surface area (Å²) in [5.74, 6) is 1.17. The van der Waals surface area contributed by atoms with Crippen molar-refractivity contribution < 1.29 is 19.4 Å². The van der Waals surface area contributed by atoms with E-state index in [9.17, 15) is 14.7 Å². The zero-order valence-corrected chi connectivity index (χ0v) is 21.3. The summed E-state index contributed by atoms with van der Waals surface area (Å²) in [6.45, 7) is 3.93. The van der Waals surface area contributed by atoms with Crippen LogP contribution < -0.4 is 15.0 Å². The lowest BCUT2D eigenvalue weighted by Crippen LogP contribution is -2.41. The number of aliphatic hydroxyl groups excluding tert-OH is 1. The van der Waals surface area contributed by atoms with Crippen LogP contribution in [0.25, 0.3) is 10.9 Å². The van der Waals surface area contributed by atoms with E-state index in [1.807, 2.05) is 61.5 Å².